The van der Waals surface area contributed by atoms with Crippen LogP contribution in [0.15, 0.2) is 35.1 Å². The van der Waals surface area contributed by atoms with Crippen molar-refractivity contribution in [1.29, 1.82) is 0 Å². The number of nitrogens with zero attached hydrogens (tertiary/aromatic N) is 3. The van der Waals surface area contributed by atoms with E-state index in [1.54, 1.807) is 6.07 Å². The first-order valence-electron chi connectivity index (χ1n) is 9.28. The number of carbonyl (C=O) groups is 1. The van der Waals surface area contributed by atoms with Crippen LogP contribution in [-0.4, -0.2) is 40.4 Å². The predicted octanol–water partition coefficient (Wildman–Crippen LogP) is 2.19. The SMILES string of the molecule is Cc1nc([C@@H]2CCN(Cc3ccc(N4CCCC4=O)cc3)C2)cc(=O)[nH]1. The van der Waals surface area contributed by atoms with Crippen LogP contribution in [0.1, 0.15) is 42.3 Å². The van der Waals surface area contributed by atoms with Gasteiger partial charge in [0.1, 0.15) is 5.82 Å². The van der Waals surface area contributed by atoms with Gasteiger partial charge in [-0.2, -0.15) is 0 Å². The van der Waals surface area contributed by atoms with Crippen molar-refractivity contribution in [3.8, 4) is 0 Å². The molecule has 0 aliphatic carbocycles. The number of nitrogens with one attached hydrogen (secondary N) is 1. The van der Waals surface area contributed by atoms with Crippen LogP contribution in [0.2, 0.25) is 0 Å². The van der Waals surface area contributed by atoms with Gasteiger partial charge in [-0.05, 0) is 44.0 Å². The first kappa shape index (κ1) is 17.0. The molecule has 0 bridgehead atoms. The predicted molar refractivity (Wildman–Crippen MR) is 100 cm³/mol. The summed E-state index contributed by atoms with van der Waals surface area (Å²) in [5.41, 5.74) is 3.07. The highest BCUT2D eigenvalue weighted by molar-refractivity contribution is 5.95. The topological polar surface area (TPSA) is 69.3 Å². The third-order valence-corrected chi connectivity index (χ3v) is 5.30. The fourth-order valence-electron chi connectivity index (χ4n) is 3.99. The van der Waals surface area contributed by atoms with Crippen LogP contribution in [0.25, 0.3) is 0 Å². The molecule has 1 aromatic carbocycles. The highest BCUT2D eigenvalue weighted by atomic mass is 16.2. The lowest BCUT2D eigenvalue weighted by Gasteiger charge is -2.18. The molecule has 1 atom stereocenters. The van der Waals surface area contributed by atoms with Crippen LogP contribution in [0.4, 0.5) is 5.69 Å². The molecule has 0 saturated carbocycles. The quantitative estimate of drug-likeness (QED) is 0.916. The largest absolute Gasteiger partial charge is 0.312 e. The normalized spacial score (nSPS) is 20.9. The van der Waals surface area contributed by atoms with Crippen molar-refractivity contribution in [3.05, 3.63) is 57.8 Å². The number of carbonyl (C=O) groups excluding carboxylic acids is 1. The first-order chi connectivity index (χ1) is 12.6. The van der Waals surface area contributed by atoms with Gasteiger partial charge in [0.15, 0.2) is 0 Å². The van der Waals surface area contributed by atoms with E-state index >= 15 is 0 Å². The maximum Gasteiger partial charge on any atom is 0.251 e. The number of aromatic amines is 1. The number of benzene rings is 1. The summed E-state index contributed by atoms with van der Waals surface area (Å²) in [6.45, 7) is 5.46. The fourth-order valence-corrected chi connectivity index (χ4v) is 3.99. The van der Waals surface area contributed by atoms with Crippen molar-refractivity contribution in [3.63, 3.8) is 0 Å². The number of likely N-dealkylation sites (tertiary alicyclic amines) is 1. The number of amides is 1. The molecule has 2 aromatic rings. The summed E-state index contributed by atoms with van der Waals surface area (Å²) >= 11 is 0. The Kier molecular flexibility index (Phi) is 4.59. The summed E-state index contributed by atoms with van der Waals surface area (Å²) in [5, 5.41) is 0. The van der Waals surface area contributed by atoms with E-state index in [0.29, 0.717) is 18.2 Å². The molecule has 0 spiro atoms. The van der Waals surface area contributed by atoms with E-state index < -0.39 is 0 Å². The second-order valence-corrected chi connectivity index (χ2v) is 7.29. The molecule has 0 unspecified atom stereocenters. The Morgan fingerprint density at radius 2 is 2.00 bits per heavy atom. The number of H-pyrrole nitrogens is 1. The standard InChI is InChI=1S/C20H24N4O2/c1-14-21-18(11-19(25)22-14)16-8-10-23(13-16)12-15-4-6-17(7-5-15)24-9-2-3-20(24)26/h4-7,11,16H,2-3,8-10,12-13H2,1H3,(H,21,22,25)/t16-/m1/s1. The Morgan fingerprint density at radius 1 is 1.19 bits per heavy atom. The maximum absolute atomic E-state index is 11.8. The average molecular weight is 352 g/mol. The average Bonchev–Trinajstić information content (AvgIpc) is 3.24. The highest BCUT2D eigenvalue weighted by Crippen LogP contribution is 2.27. The van der Waals surface area contributed by atoms with E-state index in [1.807, 2.05) is 24.0 Å². The number of hydrogen-bond donors (Lipinski definition) is 1. The van der Waals surface area contributed by atoms with E-state index in [2.05, 4.69) is 27.0 Å². The van der Waals surface area contributed by atoms with Crippen LogP contribution in [-0.2, 0) is 11.3 Å². The zero-order valence-corrected chi connectivity index (χ0v) is 15.1. The van der Waals surface area contributed by atoms with Gasteiger partial charge in [0.25, 0.3) is 5.56 Å². The molecule has 26 heavy (non-hydrogen) atoms. The van der Waals surface area contributed by atoms with Crippen molar-refractivity contribution in [1.82, 2.24) is 14.9 Å². The molecule has 1 N–H and O–H groups in total. The molecule has 2 saturated heterocycles. The second kappa shape index (κ2) is 7.03. The molecular weight excluding hydrogens is 328 g/mol. The lowest BCUT2D eigenvalue weighted by atomic mass is 10.0. The van der Waals surface area contributed by atoms with Crippen molar-refractivity contribution in [2.75, 3.05) is 24.5 Å². The summed E-state index contributed by atoms with van der Waals surface area (Å²) in [6.07, 6.45) is 2.63. The fraction of sp³-hybridized carbons (Fsp3) is 0.450. The molecule has 6 heteroatoms. The Labute approximate surface area is 152 Å². The maximum atomic E-state index is 11.8. The van der Waals surface area contributed by atoms with Gasteiger partial charge < -0.3 is 9.88 Å². The molecule has 2 fully saturated rings. The summed E-state index contributed by atoms with van der Waals surface area (Å²) in [4.78, 5) is 35.0. The number of aryl methyl sites for hydroxylation is 1. The molecule has 1 amide bonds. The minimum Gasteiger partial charge on any atom is -0.312 e. The molecule has 2 aliphatic rings. The van der Waals surface area contributed by atoms with Crippen molar-refractivity contribution >= 4 is 11.6 Å². The van der Waals surface area contributed by atoms with E-state index in [-0.39, 0.29) is 11.5 Å². The zero-order chi connectivity index (χ0) is 18.1. The van der Waals surface area contributed by atoms with Gasteiger partial charge in [0.05, 0.1) is 5.69 Å². The third-order valence-electron chi connectivity index (χ3n) is 5.30. The lowest BCUT2D eigenvalue weighted by molar-refractivity contribution is -0.117. The molecule has 2 aliphatic heterocycles. The van der Waals surface area contributed by atoms with Crippen LogP contribution < -0.4 is 10.5 Å². The molecule has 3 heterocycles. The molecule has 1 aromatic heterocycles. The monoisotopic (exact) mass is 352 g/mol. The van der Waals surface area contributed by atoms with Gasteiger partial charge in [-0.15, -0.1) is 0 Å². The van der Waals surface area contributed by atoms with Gasteiger partial charge in [0, 0.05) is 43.7 Å². The van der Waals surface area contributed by atoms with E-state index in [9.17, 15) is 9.59 Å². The summed E-state index contributed by atoms with van der Waals surface area (Å²) < 4.78 is 0. The minimum absolute atomic E-state index is 0.0713. The van der Waals surface area contributed by atoms with Crippen LogP contribution in [0.3, 0.4) is 0 Å². The molecule has 136 valence electrons. The van der Waals surface area contributed by atoms with Gasteiger partial charge in [0.2, 0.25) is 5.91 Å². The number of rotatable bonds is 4. The highest BCUT2D eigenvalue weighted by Gasteiger charge is 2.26. The Balaban J connectivity index is 1.39. The summed E-state index contributed by atoms with van der Waals surface area (Å²) in [7, 11) is 0. The number of anilines is 1. The van der Waals surface area contributed by atoms with Crippen LogP contribution in [0, 0.1) is 6.92 Å². The smallest absolute Gasteiger partial charge is 0.251 e. The lowest BCUT2D eigenvalue weighted by Crippen LogP contribution is -2.24. The molecular formula is C20H24N4O2. The minimum atomic E-state index is -0.0713. The van der Waals surface area contributed by atoms with Gasteiger partial charge in [-0.3, -0.25) is 14.5 Å². The van der Waals surface area contributed by atoms with Crippen molar-refractivity contribution in [2.45, 2.75) is 38.6 Å². The van der Waals surface area contributed by atoms with Gasteiger partial charge in [-0.25, -0.2) is 4.98 Å². The van der Waals surface area contributed by atoms with Gasteiger partial charge in [-0.1, -0.05) is 12.1 Å². The summed E-state index contributed by atoms with van der Waals surface area (Å²) in [5.74, 6) is 1.22. The Bertz CT molecular complexity index is 859. The molecule has 0 radical (unpaired) electrons. The third kappa shape index (κ3) is 3.55. The molecule has 6 nitrogen and oxygen atoms in total. The van der Waals surface area contributed by atoms with E-state index in [0.717, 1.165) is 50.4 Å². The number of aromatic nitrogens is 2. The van der Waals surface area contributed by atoms with E-state index in [4.69, 9.17) is 0 Å². The van der Waals surface area contributed by atoms with Crippen molar-refractivity contribution < 1.29 is 4.79 Å². The Hall–Kier alpha value is -2.47. The second-order valence-electron chi connectivity index (χ2n) is 7.29. The first-order valence-corrected chi connectivity index (χ1v) is 9.28. The molecule has 4 rings (SSSR count). The van der Waals surface area contributed by atoms with E-state index in [1.165, 1.54) is 5.56 Å². The van der Waals surface area contributed by atoms with Crippen LogP contribution >= 0.6 is 0 Å². The number of hydrogen-bond acceptors (Lipinski definition) is 4. The van der Waals surface area contributed by atoms with Gasteiger partial charge >= 0.3 is 0 Å². The van der Waals surface area contributed by atoms with Crippen molar-refractivity contribution in [2.24, 2.45) is 0 Å². The van der Waals surface area contributed by atoms with Crippen LogP contribution in [0.5, 0.6) is 0 Å². The zero-order valence-electron chi connectivity index (χ0n) is 15.1. The Morgan fingerprint density at radius 3 is 2.69 bits per heavy atom. The summed E-state index contributed by atoms with van der Waals surface area (Å²) in [6, 6.07) is 9.96.